The Labute approximate surface area is 238 Å². The van der Waals surface area contributed by atoms with Crippen LogP contribution in [0, 0.1) is 11.3 Å². The summed E-state index contributed by atoms with van der Waals surface area (Å²) in [7, 11) is -3.99. The lowest BCUT2D eigenvalue weighted by Gasteiger charge is -2.33. The van der Waals surface area contributed by atoms with Crippen LogP contribution >= 0.6 is 0 Å². The predicted octanol–water partition coefficient (Wildman–Crippen LogP) is 1.60. The zero-order valence-electron chi connectivity index (χ0n) is 24.6. The van der Waals surface area contributed by atoms with Crippen LogP contribution in [0.3, 0.4) is 0 Å². The van der Waals surface area contributed by atoms with Gasteiger partial charge < -0.3 is 25.2 Å². The summed E-state index contributed by atoms with van der Waals surface area (Å²) in [5.41, 5.74) is -0.583. The Balaban J connectivity index is 1.69. The van der Waals surface area contributed by atoms with E-state index in [0.29, 0.717) is 24.7 Å². The average Bonchev–Trinajstić information content (AvgIpc) is 3.38. The molecule has 40 heavy (non-hydrogen) atoms. The Hall–Kier alpha value is -2.41. The largest absolute Gasteiger partial charge is 0.486 e. The summed E-state index contributed by atoms with van der Waals surface area (Å²) in [6.07, 6.45) is 0.921. The van der Waals surface area contributed by atoms with Crippen molar-refractivity contribution >= 4 is 21.8 Å². The molecule has 1 aromatic rings. The summed E-state index contributed by atoms with van der Waals surface area (Å²) < 4.78 is 39.5. The van der Waals surface area contributed by atoms with E-state index in [-0.39, 0.29) is 36.4 Å². The van der Waals surface area contributed by atoms with Gasteiger partial charge in [-0.2, -0.15) is 4.31 Å². The molecular formula is C28H46N4O7S. The van der Waals surface area contributed by atoms with Crippen LogP contribution in [0.2, 0.25) is 0 Å². The molecule has 1 saturated heterocycles. The standard InChI is InChI=1S/C28H46N4O7S/c1-19(2)16-32(40(36,37)21-9-10-23-24(15-21)39-14-13-38-23)17-22(33)20(3)29-27(35)26(28(4,5)6)30-25(34)18-31-11-7-8-12-31/h9-10,15,19-20,22,26,33H,7-8,11-14,16-18H2,1-6H3,(H,29,35)(H,30,34)/t20-,22+,26+/m0/s1. The van der Waals surface area contributed by atoms with Crippen LogP contribution < -0.4 is 20.1 Å². The minimum absolute atomic E-state index is 0.0137. The second-order valence-corrected chi connectivity index (χ2v) is 14.2. The number of nitrogens with zero attached hydrogens (tertiary/aromatic N) is 2. The molecule has 226 valence electrons. The molecule has 3 rings (SSSR count). The second kappa shape index (κ2) is 13.5. The second-order valence-electron chi connectivity index (χ2n) is 12.2. The third kappa shape index (κ3) is 8.55. The number of sulfonamides is 1. The van der Waals surface area contributed by atoms with Gasteiger partial charge in [0.2, 0.25) is 21.8 Å². The minimum Gasteiger partial charge on any atom is -0.486 e. The van der Waals surface area contributed by atoms with Crippen molar-refractivity contribution in [3.8, 4) is 11.5 Å². The molecule has 11 nitrogen and oxygen atoms in total. The van der Waals surface area contributed by atoms with E-state index in [4.69, 9.17) is 9.47 Å². The highest BCUT2D eigenvalue weighted by molar-refractivity contribution is 7.89. The topological polar surface area (TPSA) is 138 Å². The number of carbonyl (C=O) groups is 2. The number of nitrogens with one attached hydrogen (secondary N) is 2. The lowest BCUT2D eigenvalue weighted by molar-refractivity contribution is -0.132. The molecule has 0 aliphatic carbocycles. The van der Waals surface area contributed by atoms with E-state index in [1.807, 2.05) is 34.6 Å². The molecule has 1 fully saturated rings. The fourth-order valence-electron chi connectivity index (χ4n) is 4.81. The molecule has 1 aromatic carbocycles. The van der Waals surface area contributed by atoms with Crippen molar-refractivity contribution < 1.29 is 32.6 Å². The monoisotopic (exact) mass is 582 g/mol. The quantitative estimate of drug-likeness (QED) is 0.338. The maximum Gasteiger partial charge on any atom is 0.243 e. The Morgan fingerprint density at radius 1 is 1.02 bits per heavy atom. The first-order valence-corrected chi connectivity index (χ1v) is 15.5. The van der Waals surface area contributed by atoms with E-state index in [2.05, 4.69) is 15.5 Å². The van der Waals surface area contributed by atoms with Gasteiger partial charge in [0.25, 0.3) is 0 Å². The van der Waals surface area contributed by atoms with Crippen LogP contribution in [-0.2, 0) is 19.6 Å². The molecule has 0 spiro atoms. The van der Waals surface area contributed by atoms with Crippen LogP contribution in [0.4, 0.5) is 0 Å². The fraction of sp³-hybridized carbons (Fsp3) is 0.714. The molecule has 0 bridgehead atoms. The number of ether oxygens (including phenoxy) is 2. The molecule has 3 N–H and O–H groups in total. The van der Waals surface area contributed by atoms with Crippen LogP contribution in [0.5, 0.6) is 11.5 Å². The number of rotatable bonds is 12. The number of aliphatic hydroxyl groups is 1. The number of hydrogen-bond donors (Lipinski definition) is 3. The number of likely N-dealkylation sites (tertiary alicyclic amines) is 1. The predicted molar refractivity (Wildman–Crippen MR) is 152 cm³/mol. The zero-order chi connectivity index (χ0) is 29.7. The number of hydrogen-bond acceptors (Lipinski definition) is 8. The third-order valence-corrected chi connectivity index (χ3v) is 8.89. The van der Waals surface area contributed by atoms with Gasteiger partial charge in [0.1, 0.15) is 19.3 Å². The highest BCUT2D eigenvalue weighted by atomic mass is 32.2. The van der Waals surface area contributed by atoms with Gasteiger partial charge in [-0.25, -0.2) is 8.42 Å². The summed E-state index contributed by atoms with van der Waals surface area (Å²) in [6, 6.07) is 2.86. The molecule has 2 heterocycles. The average molecular weight is 583 g/mol. The summed E-state index contributed by atoms with van der Waals surface area (Å²) in [6.45, 7) is 13.6. The van der Waals surface area contributed by atoms with Crippen molar-refractivity contribution in [3.63, 3.8) is 0 Å². The molecular weight excluding hydrogens is 536 g/mol. The van der Waals surface area contributed by atoms with E-state index in [1.165, 1.54) is 16.4 Å². The zero-order valence-corrected chi connectivity index (χ0v) is 25.4. The van der Waals surface area contributed by atoms with E-state index in [1.54, 1.807) is 13.0 Å². The molecule has 0 saturated carbocycles. The maximum absolute atomic E-state index is 13.6. The molecule has 0 unspecified atom stereocenters. The Bertz CT molecular complexity index is 1130. The van der Waals surface area contributed by atoms with Gasteiger partial charge in [-0.05, 0) is 56.3 Å². The van der Waals surface area contributed by atoms with Crippen molar-refractivity contribution in [3.05, 3.63) is 18.2 Å². The summed E-state index contributed by atoms with van der Waals surface area (Å²) in [5.74, 6) is 0.175. The highest BCUT2D eigenvalue weighted by Crippen LogP contribution is 2.33. The Kier molecular flexibility index (Phi) is 10.8. The van der Waals surface area contributed by atoms with Crippen LogP contribution in [0.15, 0.2) is 23.1 Å². The van der Waals surface area contributed by atoms with Gasteiger partial charge in [-0.3, -0.25) is 14.5 Å². The lowest BCUT2D eigenvalue weighted by atomic mass is 9.85. The summed E-state index contributed by atoms with van der Waals surface area (Å²) in [5, 5.41) is 16.7. The third-order valence-electron chi connectivity index (χ3n) is 7.06. The Morgan fingerprint density at radius 3 is 2.25 bits per heavy atom. The smallest absolute Gasteiger partial charge is 0.243 e. The molecule has 2 aliphatic rings. The summed E-state index contributed by atoms with van der Waals surface area (Å²) >= 11 is 0. The van der Waals surface area contributed by atoms with Gasteiger partial charge in [0.15, 0.2) is 11.5 Å². The first kappa shape index (κ1) is 32.1. The van der Waals surface area contributed by atoms with Gasteiger partial charge in [-0.15, -0.1) is 0 Å². The first-order chi connectivity index (χ1) is 18.7. The Morgan fingerprint density at radius 2 is 1.65 bits per heavy atom. The van der Waals surface area contributed by atoms with E-state index in [9.17, 15) is 23.1 Å². The lowest BCUT2D eigenvalue weighted by Crippen LogP contribution is -2.58. The molecule has 12 heteroatoms. The van der Waals surface area contributed by atoms with Gasteiger partial charge in [-0.1, -0.05) is 34.6 Å². The van der Waals surface area contributed by atoms with E-state index in [0.717, 1.165) is 25.9 Å². The van der Waals surface area contributed by atoms with E-state index >= 15 is 0 Å². The van der Waals surface area contributed by atoms with Crippen molar-refractivity contribution in [1.29, 1.82) is 0 Å². The van der Waals surface area contributed by atoms with Crippen LogP contribution in [-0.4, -0.2) is 98.7 Å². The molecule has 2 aliphatic heterocycles. The van der Waals surface area contributed by atoms with Gasteiger partial charge in [0, 0.05) is 19.2 Å². The number of aliphatic hydroxyl groups excluding tert-OH is 1. The molecule has 2 amide bonds. The first-order valence-electron chi connectivity index (χ1n) is 14.1. The number of amides is 2. The van der Waals surface area contributed by atoms with E-state index < -0.39 is 39.5 Å². The summed E-state index contributed by atoms with van der Waals surface area (Å²) in [4.78, 5) is 28.1. The van der Waals surface area contributed by atoms with Crippen LogP contribution in [0.25, 0.3) is 0 Å². The van der Waals surface area contributed by atoms with Gasteiger partial charge >= 0.3 is 0 Å². The highest BCUT2D eigenvalue weighted by Gasteiger charge is 2.36. The fourth-order valence-corrected chi connectivity index (χ4v) is 6.45. The van der Waals surface area contributed by atoms with Crippen molar-refractivity contribution in [2.75, 3.05) is 45.9 Å². The van der Waals surface area contributed by atoms with Crippen molar-refractivity contribution in [2.24, 2.45) is 11.3 Å². The SMILES string of the molecule is CC(C)CN(C[C@@H](O)[C@H](C)NC(=O)[C@@H](NC(=O)CN1CCCC1)C(C)(C)C)S(=O)(=O)c1ccc2c(c1)OCCO2. The number of carbonyl (C=O) groups excluding carboxylic acids is 2. The molecule has 0 aromatic heterocycles. The van der Waals surface area contributed by atoms with Gasteiger partial charge in [0.05, 0.1) is 23.6 Å². The maximum atomic E-state index is 13.6. The van der Waals surface area contributed by atoms with Crippen LogP contribution in [0.1, 0.15) is 54.4 Å². The normalized spacial score (nSPS) is 18.4. The molecule has 3 atom stereocenters. The van der Waals surface area contributed by atoms with Crippen molar-refractivity contribution in [2.45, 2.75) is 77.5 Å². The molecule has 0 radical (unpaired) electrons. The number of benzene rings is 1. The minimum atomic E-state index is -3.99. The number of fused-ring (bicyclic) bond motifs is 1. The van der Waals surface area contributed by atoms with Crippen molar-refractivity contribution in [1.82, 2.24) is 19.8 Å².